The Bertz CT molecular complexity index is 638. The van der Waals surface area contributed by atoms with Crippen LogP contribution in [0, 0.1) is 5.92 Å². The number of hydrogen-bond acceptors (Lipinski definition) is 3. The monoisotopic (exact) mass is 335 g/mol. The van der Waals surface area contributed by atoms with Crippen molar-refractivity contribution in [3.8, 4) is 0 Å². The van der Waals surface area contributed by atoms with Gasteiger partial charge in [-0.25, -0.2) is 0 Å². The Hall–Kier alpha value is -1.75. The van der Waals surface area contributed by atoms with Crippen molar-refractivity contribution in [1.82, 2.24) is 0 Å². The first kappa shape index (κ1) is 13.2. The molecule has 3 rings (SSSR count). The minimum Gasteiger partial charge on any atom is -0.481 e. The van der Waals surface area contributed by atoms with E-state index in [-0.39, 0.29) is 5.92 Å². The fourth-order valence-electron chi connectivity index (χ4n) is 2.63. The normalized spacial score (nSPS) is 17.9. The first-order valence-corrected chi connectivity index (χ1v) is 7.22. The van der Waals surface area contributed by atoms with Gasteiger partial charge in [0.25, 0.3) is 0 Å². The van der Waals surface area contributed by atoms with Crippen LogP contribution in [0.3, 0.4) is 0 Å². The van der Waals surface area contributed by atoms with Crippen molar-refractivity contribution in [2.75, 3.05) is 11.4 Å². The average Bonchev–Trinajstić information content (AvgIpc) is 2.84. The molecule has 1 N–H and O–H groups in total. The van der Waals surface area contributed by atoms with Crippen molar-refractivity contribution in [3.63, 3.8) is 0 Å². The van der Waals surface area contributed by atoms with Crippen LogP contribution >= 0.6 is 15.9 Å². The van der Waals surface area contributed by atoms with Gasteiger partial charge >= 0.3 is 5.97 Å². The molecule has 1 unspecified atom stereocenters. The second kappa shape index (κ2) is 5.32. The van der Waals surface area contributed by atoms with Crippen LogP contribution in [0.4, 0.5) is 5.69 Å². The van der Waals surface area contributed by atoms with Gasteiger partial charge in [-0.05, 0) is 46.1 Å². The molecule has 0 spiro atoms. The molecule has 104 valence electrons. The van der Waals surface area contributed by atoms with Crippen LogP contribution in [-0.4, -0.2) is 17.6 Å². The highest BCUT2D eigenvalue weighted by molar-refractivity contribution is 9.10. The first-order chi connectivity index (χ1) is 9.63. The van der Waals surface area contributed by atoms with Crippen molar-refractivity contribution in [2.24, 2.45) is 5.92 Å². The highest BCUT2D eigenvalue weighted by Gasteiger charge is 2.29. The van der Waals surface area contributed by atoms with Crippen molar-refractivity contribution in [1.29, 1.82) is 0 Å². The number of aliphatic carboxylic acids is 1. The number of halogens is 1. The third-order valence-corrected chi connectivity index (χ3v) is 3.99. The van der Waals surface area contributed by atoms with Crippen LogP contribution in [0.5, 0.6) is 0 Å². The minimum atomic E-state index is -0.745. The van der Waals surface area contributed by atoms with Gasteiger partial charge in [-0.1, -0.05) is 18.2 Å². The molecule has 4 nitrogen and oxygen atoms in total. The van der Waals surface area contributed by atoms with E-state index in [0.717, 1.165) is 17.0 Å². The van der Waals surface area contributed by atoms with Gasteiger partial charge in [0.05, 0.1) is 12.5 Å². The van der Waals surface area contributed by atoms with E-state index < -0.39 is 5.97 Å². The Balaban J connectivity index is 1.90. The van der Waals surface area contributed by atoms with Crippen LogP contribution < -0.4 is 4.90 Å². The standard InChI is InChI=1S/C15H14BrNO3/c16-14-6-5-12(20-14)9-17-8-11(15(18)19)7-10-3-1-2-4-13(10)17/h1-6,11H,7-9H2,(H,18,19). The summed E-state index contributed by atoms with van der Waals surface area (Å²) < 4.78 is 6.21. The molecule has 1 aromatic carbocycles. The molecule has 1 aliphatic rings. The number of hydrogen-bond donors (Lipinski definition) is 1. The van der Waals surface area contributed by atoms with Gasteiger partial charge < -0.3 is 14.4 Å². The second-order valence-electron chi connectivity index (χ2n) is 4.95. The van der Waals surface area contributed by atoms with Crippen LogP contribution in [0.15, 0.2) is 45.5 Å². The molecule has 20 heavy (non-hydrogen) atoms. The van der Waals surface area contributed by atoms with Crippen LogP contribution in [0.2, 0.25) is 0 Å². The number of carbonyl (C=O) groups is 1. The third-order valence-electron chi connectivity index (χ3n) is 3.56. The maximum Gasteiger partial charge on any atom is 0.308 e. The van der Waals surface area contributed by atoms with Crippen LogP contribution in [0.25, 0.3) is 0 Å². The maximum atomic E-state index is 11.3. The summed E-state index contributed by atoms with van der Waals surface area (Å²) in [7, 11) is 0. The lowest BCUT2D eigenvalue weighted by molar-refractivity contribution is -0.141. The first-order valence-electron chi connectivity index (χ1n) is 6.43. The summed E-state index contributed by atoms with van der Waals surface area (Å²) in [4.78, 5) is 13.4. The van der Waals surface area contributed by atoms with Gasteiger partial charge in [0.2, 0.25) is 0 Å². The highest BCUT2D eigenvalue weighted by atomic mass is 79.9. The molecule has 0 bridgehead atoms. The van der Waals surface area contributed by atoms with E-state index in [2.05, 4.69) is 20.8 Å². The predicted molar refractivity (Wildman–Crippen MR) is 78.7 cm³/mol. The summed E-state index contributed by atoms with van der Waals surface area (Å²) in [5.74, 6) is -0.300. The minimum absolute atomic E-state index is 0.372. The molecule has 1 aliphatic heterocycles. The van der Waals surface area contributed by atoms with E-state index in [1.807, 2.05) is 36.4 Å². The Morgan fingerprint density at radius 2 is 2.15 bits per heavy atom. The predicted octanol–water partition coefficient (Wildman–Crippen LogP) is 3.31. The topological polar surface area (TPSA) is 53.7 Å². The summed E-state index contributed by atoms with van der Waals surface area (Å²) >= 11 is 3.28. The summed E-state index contributed by atoms with van der Waals surface area (Å²) in [6, 6.07) is 11.7. The zero-order chi connectivity index (χ0) is 14.1. The van der Waals surface area contributed by atoms with E-state index in [1.54, 1.807) is 0 Å². The molecule has 0 saturated carbocycles. The molecule has 1 aromatic heterocycles. The molecular weight excluding hydrogens is 322 g/mol. The summed E-state index contributed by atoms with van der Waals surface area (Å²) in [6.45, 7) is 1.08. The second-order valence-corrected chi connectivity index (χ2v) is 5.74. The van der Waals surface area contributed by atoms with Gasteiger partial charge in [0.1, 0.15) is 5.76 Å². The number of carboxylic acid groups (broad SMARTS) is 1. The van der Waals surface area contributed by atoms with E-state index in [9.17, 15) is 9.90 Å². The third kappa shape index (κ3) is 2.58. The van der Waals surface area contributed by atoms with Gasteiger partial charge in [-0.2, -0.15) is 0 Å². The number of nitrogens with zero attached hydrogens (tertiary/aromatic N) is 1. The van der Waals surface area contributed by atoms with Crippen LogP contribution in [-0.2, 0) is 17.8 Å². The quantitative estimate of drug-likeness (QED) is 0.934. The Morgan fingerprint density at radius 1 is 1.35 bits per heavy atom. The lowest BCUT2D eigenvalue weighted by atomic mass is 9.92. The van der Waals surface area contributed by atoms with Crippen molar-refractivity contribution < 1.29 is 14.3 Å². The maximum absolute atomic E-state index is 11.3. The molecule has 0 fully saturated rings. The molecule has 1 atom stereocenters. The zero-order valence-corrected chi connectivity index (χ0v) is 12.3. The molecule has 2 heterocycles. The Morgan fingerprint density at radius 3 is 2.85 bits per heavy atom. The lowest BCUT2D eigenvalue weighted by Gasteiger charge is -2.33. The van der Waals surface area contributed by atoms with Crippen LogP contribution in [0.1, 0.15) is 11.3 Å². The summed E-state index contributed by atoms with van der Waals surface area (Å²) in [5, 5.41) is 9.29. The summed E-state index contributed by atoms with van der Waals surface area (Å²) in [5.41, 5.74) is 2.18. The molecule has 5 heteroatoms. The largest absolute Gasteiger partial charge is 0.481 e. The van der Waals surface area contributed by atoms with Gasteiger partial charge in [0.15, 0.2) is 4.67 Å². The molecule has 2 aromatic rings. The number of furan rings is 1. The highest BCUT2D eigenvalue weighted by Crippen LogP contribution is 2.31. The van der Waals surface area contributed by atoms with Gasteiger partial charge in [-0.15, -0.1) is 0 Å². The number of carboxylic acids is 1. The smallest absolute Gasteiger partial charge is 0.308 e. The van der Waals surface area contributed by atoms with E-state index in [4.69, 9.17) is 4.42 Å². The lowest BCUT2D eigenvalue weighted by Crippen LogP contribution is -2.38. The van der Waals surface area contributed by atoms with Gasteiger partial charge in [0, 0.05) is 12.2 Å². The average molecular weight is 336 g/mol. The molecule has 0 radical (unpaired) electrons. The fourth-order valence-corrected chi connectivity index (χ4v) is 2.97. The van der Waals surface area contributed by atoms with Crippen molar-refractivity contribution in [3.05, 3.63) is 52.4 Å². The Labute approximate surface area is 125 Å². The number of anilines is 1. The van der Waals surface area contributed by atoms with Crippen molar-refractivity contribution >= 4 is 27.6 Å². The Kier molecular flexibility index (Phi) is 3.53. The molecular formula is C15H14BrNO3. The zero-order valence-electron chi connectivity index (χ0n) is 10.8. The number of para-hydroxylation sites is 1. The molecule has 0 aliphatic carbocycles. The van der Waals surface area contributed by atoms with E-state index in [1.165, 1.54) is 0 Å². The SMILES string of the molecule is O=C(O)C1Cc2ccccc2N(Cc2ccc(Br)o2)C1. The van der Waals surface area contributed by atoms with E-state index in [0.29, 0.717) is 24.2 Å². The van der Waals surface area contributed by atoms with Crippen molar-refractivity contribution in [2.45, 2.75) is 13.0 Å². The number of fused-ring (bicyclic) bond motifs is 1. The van der Waals surface area contributed by atoms with E-state index >= 15 is 0 Å². The number of benzene rings is 1. The summed E-state index contributed by atoms with van der Waals surface area (Å²) in [6.07, 6.45) is 0.587. The number of rotatable bonds is 3. The fraction of sp³-hybridized carbons (Fsp3) is 0.267. The van der Waals surface area contributed by atoms with Gasteiger partial charge in [-0.3, -0.25) is 4.79 Å². The molecule has 0 saturated heterocycles. The molecule has 0 amide bonds.